The van der Waals surface area contributed by atoms with Crippen LogP contribution >= 0.6 is 22.9 Å². The number of aliphatic hydroxyl groups is 2. The molecule has 0 radical (unpaired) electrons. The molecule has 2 heterocycles. The van der Waals surface area contributed by atoms with Gasteiger partial charge in [-0.1, -0.05) is 48.0 Å². The highest BCUT2D eigenvalue weighted by molar-refractivity contribution is 7.07. The predicted octanol–water partition coefficient (Wildman–Crippen LogP) is 3.17. The third-order valence-electron chi connectivity index (χ3n) is 5.74. The number of halogens is 1. The van der Waals surface area contributed by atoms with E-state index in [0.29, 0.717) is 11.6 Å². The summed E-state index contributed by atoms with van der Waals surface area (Å²) < 4.78 is 0. The second-order valence-corrected chi connectivity index (χ2v) is 9.08. The molecule has 172 valence electrons. The minimum atomic E-state index is -1.87. The molecule has 4 rings (SSSR count). The lowest BCUT2D eigenvalue weighted by Crippen LogP contribution is -2.50. The lowest BCUT2D eigenvalue weighted by molar-refractivity contribution is -0.153. The number of rotatable bonds is 7. The number of carbonyl (C=O) groups excluding carboxylic acids is 2. The van der Waals surface area contributed by atoms with Crippen molar-refractivity contribution in [2.24, 2.45) is 0 Å². The Kier molecular flexibility index (Phi) is 7.39. The Morgan fingerprint density at radius 3 is 2.67 bits per heavy atom. The van der Waals surface area contributed by atoms with Crippen molar-refractivity contribution < 1.29 is 19.8 Å². The van der Waals surface area contributed by atoms with Crippen LogP contribution in [0.1, 0.15) is 30.0 Å². The van der Waals surface area contributed by atoms with Crippen molar-refractivity contribution in [1.82, 2.24) is 15.2 Å². The van der Waals surface area contributed by atoms with Crippen molar-refractivity contribution in [3.63, 3.8) is 0 Å². The SMILES string of the molecule is O=C(NCc1ccc(-c2cscn2)cc1)[C@H](O)[C@@H](O)C(=O)N1CCCC1c1cccc(Cl)c1. The zero-order valence-electron chi connectivity index (χ0n) is 17.7. The van der Waals surface area contributed by atoms with Crippen molar-refractivity contribution in [2.45, 2.75) is 37.6 Å². The van der Waals surface area contributed by atoms with E-state index in [1.165, 1.54) is 16.2 Å². The van der Waals surface area contributed by atoms with E-state index < -0.39 is 24.0 Å². The number of thiazole rings is 1. The zero-order chi connectivity index (χ0) is 23.4. The average Bonchev–Trinajstić information content (AvgIpc) is 3.54. The van der Waals surface area contributed by atoms with E-state index in [2.05, 4.69) is 10.3 Å². The predicted molar refractivity (Wildman–Crippen MR) is 127 cm³/mol. The van der Waals surface area contributed by atoms with Crippen molar-refractivity contribution in [3.05, 3.63) is 75.6 Å². The van der Waals surface area contributed by atoms with Crippen LogP contribution in [0.3, 0.4) is 0 Å². The smallest absolute Gasteiger partial charge is 0.255 e. The number of likely N-dealkylation sites (tertiary alicyclic amines) is 1. The van der Waals surface area contributed by atoms with Gasteiger partial charge in [0, 0.05) is 29.1 Å². The maximum absolute atomic E-state index is 12.9. The molecule has 9 heteroatoms. The van der Waals surface area contributed by atoms with Gasteiger partial charge in [-0.3, -0.25) is 9.59 Å². The molecular formula is C24H24ClN3O4S. The average molecular weight is 486 g/mol. The fourth-order valence-corrected chi connectivity index (χ4v) is 4.74. The first kappa shape index (κ1) is 23.4. The van der Waals surface area contributed by atoms with Gasteiger partial charge in [-0.2, -0.15) is 0 Å². The van der Waals surface area contributed by atoms with E-state index in [9.17, 15) is 19.8 Å². The largest absolute Gasteiger partial charge is 0.380 e. The summed E-state index contributed by atoms with van der Waals surface area (Å²) in [6.07, 6.45) is -2.24. The van der Waals surface area contributed by atoms with Gasteiger partial charge in [0.1, 0.15) is 0 Å². The first-order valence-electron chi connectivity index (χ1n) is 10.6. The van der Waals surface area contributed by atoms with Gasteiger partial charge in [0.05, 0.1) is 17.2 Å². The normalized spacial score (nSPS) is 17.5. The number of benzene rings is 2. The Labute approximate surface area is 200 Å². The molecular weight excluding hydrogens is 462 g/mol. The molecule has 1 unspecified atom stereocenters. The van der Waals surface area contributed by atoms with Crippen LogP contribution in [-0.4, -0.2) is 50.7 Å². The molecule has 3 aromatic rings. The maximum Gasteiger partial charge on any atom is 0.255 e. The number of nitrogens with one attached hydrogen (secondary N) is 1. The fraction of sp³-hybridized carbons (Fsp3) is 0.292. The topological polar surface area (TPSA) is 103 Å². The van der Waals surface area contributed by atoms with Crippen LogP contribution in [0.5, 0.6) is 0 Å². The van der Waals surface area contributed by atoms with Crippen LogP contribution in [-0.2, 0) is 16.1 Å². The Morgan fingerprint density at radius 2 is 1.97 bits per heavy atom. The summed E-state index contributed by atoms with van der Waals surface area (Å²) in [5.74, 6) is -1.48. The van der Waals surface area contributed by atoms with Crippen LogP contribution in [0, 0.1) is 0 Å². The number of carbonyl (C=O) groups is 2. The number of nitrogens with zero attached hydrogens (tertiary/aromatic N) is 2. The van der Waals surface area contributed by atoms with Gasteiger partial charge < -0.3 is 20.4 Å². The van der Waals surface area contributed by atoms with Gasteiger partial charge in [0.2, 0.25) is 0 Å². The highest BCUT2D eigenvalue weighted by Crippen LogP contribution is 2.33. The van der Waals surface area contributed by atoms with Crippen LogP contribution in [0.4, 0.5) is 0 Å². The summed E-state index contributed by atoms with van der Waals surface area (Å²) in [6.45, 7) is 0.593. The summed E-state index contributed by atoms with van der Waals surface area (Å²) in [5, 5.41) is 25.9. The number of aromatic nitrogens is 1. The number of aliphatic hydroxyl groups excluding tert-OH is 2. The third kappa shape index (κ3) is 5.42. The van der Waals surface area contributed by atoms with E-state index in [0.717, 1.165) is 35.2 Å². The van der Waals surface area contributed by atoms with E-state index in [-0.39, 0.29) is 12.6 Å². The highest BCUT2D eigenvalue weighted by Gasteiger charge is 2.38. The standard InChI is InChI=1S/C24H24ClN3O4S/c25-18-4-1-3-17(11-18)20-5-2-10-28(20)24(32)22(30)21(29)23(31)26-12-15-6-8-16(9-7-15)19-13-33-14-27-19/h1,3-4,6-9,11,13-14,20-22,29-30H,2,5,10,12H2,(H,26,31)/t20?,21-,22-/m1/s1. The van der Waals surface area contributed by atoms with Gasteiger partial charge in [-0.25, -0.2) is 4.98 Å². The van der Waals surface area contributed by atoms with Gasteiger partial charge in [-0.05, 0) is 36.1 Å². The first-order valence-corrected chi connectivity index (χ1v) is 11.9. The monoisotopic (exact) mass is 485 g/mol. The molecule has 0 spiro atoms. The van der Waals surface area contributed by atoms with Gasteiger partial charge in [0.25, 0.3) is 11.8 Å². The molecule has 1 aromatic heterocycles. The summed E-state index contributed by atoms with van der Waals surface area (Å²) in [5.41, 5.74) is 5.28. The molecule has 1 fully saturated rings. The minimum Gasteiger partial charge on any atom is -0.380 e. The highest BCUT2D eigenvalue weighted by atomic mass is 35.5. The van der Waals surface area contributed by atoms with Crippen molar-refractivity contribution in [3.8, 4) is 11.3 Å². The van der Waals surface area contributed by atoms with E-state index in [4.69, 9.17) is 11.6 Å². The first-order chi connectivity index (χ1) is 15.9. The molecule has 0 bridgehead atoms. The third-order valence-corrected chi connectivity index (χ3v) is 6.56. The second kappa shape index (κ2) is 10.4. The van der Waals surface area contributed by atoms with E-state index in [1.807, 2.05) is 35.7 Å². The maximum atomic E-state index is 12.9. The van der Waals surface area contributed by atoms with Crippen molar-refractivity contribution in [2.75, 3.05) is 6.54 Å². The fourth-order valence-electron chi connectivity index (χ4n) is 3.98. The molecule has 0 aliphatic carbocycles. The summed E-state index contributed by atoms with van der Waals surface area (Å²) in [6, 6.07) is 14.5. The Hall–Kier alpha value is -2.78. The second-order valence-electron chi connectivity index (χ2n) is 7.92. The summed E-state index contributed by atoms with van der Waals surface area (Å²) in [7, 11) is 0. The van der Waals surface area contributed by atoms with Gasteiger partial charge >= 0.3 is 0 Å². The van der Waals surface area contributed by atoms with E-state index >= 15 is 0 Å². The minimum absolute atomic E-state index is 0.156. The Balaban J connectivity index is 1.34. The molecule has 1 aliphatic rings. The molecule has 1 saturated heterocycles. The lowest BCUT2D eigenvalue weighted by Gasteiger charge is -2.28. The molecule has 2 amide bonds. The Morgan fingerprint density at radius 1 is 1.18 bits per heavy atom. The Bertz CT molecular complexity index is 1110. The van der Waals surface area contributed by atoms with Crippen LogP contribution in [0.25, 0.3) is 11.3 Å². The molecule has 3 atom stereocenters. The van der Waals surface area contributed by atoms with Crippen molar-refractivity contribution >= 4 is 34.8 Å². The van der Waals surface area contributed by atoms with Crippen LogP contribution in [0.2, 0.25) is 5.02 Å². The van der Waals surface area contributed by atoms with Gasteiger partial charge in [0.15, 0.2) is 12.2 Å². The molecule has 1 aliphatic heterocycles. The quantitative estimate of drug-likeness (QED) is 0.477. The number of hydrogen-bond donors (Lipinski definition) is 3. The molecule has 0 saturated carbocycles. The molecule has 7 nitrogen and oxygen atoms in total. The van der Waals surface area contributed by atoms with Crippen molar-refractivity contribution in [1.29, 1.82) is 0 Å². The molecule has 2 aromatic carbocycles. The van der Waals surface area contributed by atoms with Gasteiger partial charge in [-0.15, -0.1) is 11.3 Å². The van der Waals surface area contributed by atoms with Crippen LogP contribution < -0.4 is 5.32 Å². The number of hydrogen-bond acceptors (Lipinski definition) is 6. The molecule has 33 heavy (non-hydrogen) atoms. The zero-order valence-corrected chi connectivity index (χ0v) is 19.3. The van der Waals surface area contributed by atoms with E-state index in [1.54, 1.807) is 23.7 Å². The summed E-state index contributed by atoms with van der Waals surface area (Å²) >= 11 is 7.59. The lowest BCUT2D eigenvalue weighted by atomic mass is 10.0. The molecule has 3 N–H and O–H groups in total. The number of amides is 2. The summed E-state index contributed by atoms with van der Waals surface area (Å²) in [4.78, 5) is 31.1. The van der Waals surface area contributed by atoms with Crippen LogP contribution in [0.15, 0.2) is 59.4 Å².